The van der Waals surface area contributed by atoms with Gasteiger partial charge in [0, 0.05) is 12.1 Å². The summed E-state index contributed by atoms with van der Waals surface area (Å²) in [5.74, 6) is 0.565. The molecule has 0 atom stereocenters. The quantitative estimate of drug-likeness (QED) is 0.913. The molecule has 24 heavy (non-hydrogen) atoms. The maximum absolute atomic E-state index is 13.9. The number of amides is 1. The van der Waals surface area contributed by atoms with Crippen molar-refractivity contribution in [1.29, 1.82) is 0 Å². The van der Waals surface area contributed by atoms with Gasteiger partial charge < -0.3 is 19.5 Å². The van der Waals surface area contributed by atoms with E-state index >= 15 is 0 Å². The van der Waals surface area contributed by atoms with E-state index in [-0.39, 0.29) is 30.1 Å². The third-order valence-corrected chi connectivity index (χ3v) is 3.45. The highest BCUT2D eigenvalue weighted by atomic mass is 19.1. The van der Waals surface area contributed by atoms with Crippen LogP contribution in [0.2, 0.25) is 0 Å². The van der Waals surface area contributed by atoms with Crippen molar-refractivity contribution in [2.24, 2.45) is 0 Å². The third-order valence-electron chi connectivity index (χ3n) is 3.45. The molecule has 0 fully saturated rings. The normalized spacial score (nSPS) is 12.3. The molecule has 2 aromatic carbocycles. The molecule has 0 unspecified atom stereocenters. The summed E-state index contributed by atoms with van der Waals surface area (Å²) in [5.41, 5.74) is 1.11. The van der Waals surface area contributed by atoms with Crippen LogP contribution < -0.4 is 19.5 Å². The molecule has 5 nitrogen and oxygen atoms in total. The first-order valence-electron chi connectivity index (χ1n) is 7.66. The predicted octanol–water partition coefficient (Wildman–Crippen LogP) is 3.27. The number of hydrogen-bond donors (Lipinski definition) is 1. The minimum absolute atomic E-state index is 0.134. The first-order valence-corrected chi connectivity index (χ1v) is 7.66. The number of fused-ring (bicyclic) bond motifs is 1. The van der Waals surface area contributed by atoms with Gasteiger partial charge in [-0.1, -0.05) is 6.07 Å². The van der Waals surface area contributed by atoms with Crippen LogP contribution in [0.1, 0.15) is 29.8 Å². The topological polar surface area (TPSA) is 56.8 Å². The Bertz CT molecular complexity index is 761. The van der Waals surface area contributed by atoms with E-state index in [4.69, 9.17) is 14.2 Å². The molecule has 1 aliphatic heterocycles. The van der Waals surface area contributed by atoms with Gasteiger partial charge in [-0.3, -0.25) is 4.79 Å². The van der Waals surface area contributed by atoms with Gasteiger partial charge in [0.25, 0.3) is 5.91 Å². The molecule has 0 bridgehead atoms. The molecule has 0 radical (unpaired) electrons. The van der Waals surface area contributed by atoms with Crippen LogP contribution >= 0.6 is 0 Å². The maximum Gasteiger partial charge on any atom is 0.251 e. The molecule has 1 N–H and O–H groups in total. The van der Waals surface area contributed by atoms with E-state index in [0.29, 0.717) is 18.0 Å². The number of halogens is 1. The molecule has 0 aromatic heterocycles. The van der Waals surface area contributed by atoms with Gasteiger partial charge in [-0.05, 0) is 49.7 Å². The first kappa shape index (κ1) is 16.1. The van der Waals surface area contributed by atoms with Crippen molar-refractivity contribution in [3.63, 3.8) is 0 Å². The lowest BCUT2D eigenvalue weighted by Gasteiger charge is -2.11. The molecule has 3 rings (SSSR count). The van der Waals surface area contributed by atoms with Crippen LogP contribution in [0.3, 0.4) is 0 Å². The summed E-state index contributed by atoms with van der Waals surface area (Å²) in [7, 11) is 0. The Hall–Kier alpha value is -2.76. The highest BCUT2D eigenvalue weighted by molar-refractivity contribution is 5.94. The standard InChI is InChI=1S/C18H18FNO4/c1-11(2)24-15-6-4-13(8-14(15)19)18(21)20-9-12-3-5-16-17(7-12)23-10-22-16/h3-8,11H,9-10H2,1-2H3,(H,20,21). The van der Waals surface area contributed by atoms with Crippen LogP contribution in [0.5, 0.6) is 17.2 Å². The summed E-state index contributed by atoms with van der Waals surface area (Å²) in [6, 6.07) is 9.62. The molecule has 126 valence electrons. The summed E-state index contributed by atoms with van der Waals surface area (Å²) in [4.78, 5) is 12.2. The number of nitrogens with one attached hydrogen (secondary N) is 1. The van der Waals surface area contributed by atoms with Gasteiger partial charge in [-0.2, -0.15) is 0 Å². The van der Waals surface area contributed by atoms with E-state index in [1.54, 1.807) is 6.07 Å². The minimum Gasteiger partial charge on any atom is -0.488 e. The average molecular weight is 331 g/mol. The molecule has 0 spiro atoms. The van der Waals surface area contributed by atoms with Crippen molar-refractivity contribution in [2.75, 3.05) is 6.79 Å². The van der Waals surface area contributed by atoms with Gasteiger partial charge in [0.05, 0.1) is 6.10 Å². The summed E-state index contributed by atoms with van der Waals surface area (Å²) in [6.07, 6.45) is -0.134. The zero-order valence-electron chi connectivity index (χ0n) is 13.5. The zero-order chi connectivity index (χ0) is 17.1. The van der Waals surface area contributed by atoms with Crippen molar-refractivity contribution >= 4 is 5.91 Å². The molecule has 6 heteroatoms. The largest absolute Gasteiger partial charge is 0.488 e. The molecular formula is C18H18FNO4. The number of carbonyl (C=O) groups excluding carboxylic acids is 1. The maximum atomic E-state index is 13.9. The van der Waals surface area contributed by atoms with Crippen molar-refractivity contribution in [2.45, 2.75) is 26.5 Å². The molecule has 0 saturated carbocycles. The average Bonchev–Trinajstić information content (AvgIpc) is 3.01. The fraction of sp³-hybridized carbons (Fsp3) is 0.278. The van der Waals surface area contributed by atoms with Gasteiger partial charge in [-0.25, -0.2) is 4.39 Å². The van der Waals surface area contributed by atoms with Crippen LogP contribution in [0, 0.1) is 5.82 Å². The Balaban J connectivity index is 1.63. The van der Waals surface area contributed by atoms with Gasteiger partial charge in [0.15, 0.2) is 23.1 Å². The van der Waals surface area contributed by atoms with Crippen molar-refractivity contribution in [3.8, 4) is 17.2 Å². The number of rotatable bonds is 5. The van der Waals surface area contributed by atoms with Gasteiger partial charge in [-0.15, -0.1) is 0 Å². The second kappa shape index (κ2) is 6.78. The Morgan fingerprint density at radius 3 is 2.75 bits per heavy atom. The van der Waals surface area contributed by atoms with Crippen LogP contribution in [0.4, 0.5) is 4.39 Å². The fourth-order valence-corrected chi connectivity index (χ4v) is 2.33. The number of benzene rings is 2. The number of ether oxygens (including phenoxy) is 3. The van der Waals surface area contributed by atoms with Crippen molar-refractivity contribution in [1.82, 2.24) is 5.32 Å². The van der Waals surface area contributed by atoms with Crippen LogP contribution in [-0.2, 0) is 6.54 Å². The third kappa shape index (κ3) is 3.59. The Morgan fingerprint density at radius 2 is 2.00 bits per heavy atom. The Labute approximate surface area is 139 Å². The summed E-state index contributed by atoms with van der Waals surface area (Å²) < 4.78 is 29.8. The molecule has 1 amide bonds. The van der Waals surface area contributed by atoms with Gasteiger partial charge in [0.2, 0.25) is 6.79 Å². The Kier molecular flexibility index (Phi) is 4.55. The molecule has 2 aromatic rings. The first-order chi connectivity index (χ1) is 11.5. The second-order valence-electron chi connectivity index (χ2n) is 5.68. The van der Waals surface area contributed by atoms with E-state index in [2.05, 4.69) is 5.32 Å². The van der Waals surface area contributed by atoms with Crippen LogP contribution in [0.25, 0.3) is 0 Å². The molecule has 0 saturated heterocycles. The number of carbonyl (C=O) groups is 1. The zero-order valence-corrected chi connectivity index (χ0v) is 13.5. The van der Waals surface area contributed by atoms with E-state index < -0.39 is 5.82 Å². The Morgan fingerprint density at radius 1 is 1.21 bits per heavy atom. The SMILES string of the molecule is CC(C)Oc1ccc(C(=O)NCc2ccc3c(c2)OCO3)cc1F. The predicted molar refractivity (Wildman–Crippen MR) is 85.9 cm³/mol. The van der Waals surface area contributed by atoms with Gasteiger partial charge >= 0.3 is 0 Å². The fourth-order valence-electron chi connectivity index (χ4n) is 2.33. The summed E-state index contributed by atoms with van der Waals surface area (Å²) in [6.45, 7) is 4.13. The summed E-state index contributed by atoms with van der Waals surface area (Å²) >= 11 is 0. The molecule has 0 aliphatic carbocycles. The second-order valence-corrected chi connectivity index (χ2v) is 5.68. The van der Waals surface area contributed by atoms with Crippen molar-refractivity contribution < 1.29 is 23.4 Å². The van der Waals surface area contributed by atoms with E-state index in [0.717, 1.165) is 5.56 Å². The lowest BCUT2D eigenvalue weighted by atomic mass is 10.1. The highest BCUT2D eigenvalue weighted by Gasteiger charge is 2.14. The lowest BCUT2D eigenvalue weighted by molar-refractivity contribution is 0.0950. The monoisotopic (exact) mass is 331 g/mol. The van der Waals surface area contributed by atoms with Gasteiger partial charge in [0.1, 0.15) is 0 Å². The van der Waals surface area contributed by atoms with E-state index in [1.807, 2.05) is 26.0 Å². The van der Waals surface area contributed by atoms with E-state index in [1.165, 1.54) is 18.2 Å². The molecule has 1 heterocycles. The highest BCUT2D eigenvalue weighted by Crippen LogP contribution is 2.32. The van der Waals surface area contributed by atoms with Crippen molar-refractivity contribution in [3.05, 3.63) is 53.3 Å². The molecular weight excluding hydrogens is 313 g/mol. The smallest absolute Gasteiger partial charge is 0.251 e. The lowest BCUT2D eigenvalue weighted by Crippen LogP contribution is -2.23. The summed E-state index contributed by atoms with van der Waals surface area (Å²) in [5, 5.41) is 2.75. The minimum atomic E-state index is -0.556. The van der Waals surface area contributed by atoms with Crippen LogP contribution in [-0.4, -0.2) is 18.8 Å². The number of hydrogen-bond acceptors (Lipinski definition) is 4. The molecule has 1 aliphatic rings. The van der Waals surface area contributed by atoms with E-state index in [9.17, 15) is 9.18 Å². The van der Waals surface area contributed by atoms with Crippen LogP contribution in [0.15, 0.2) is 36.4 Å².